The Kier molecular flexibility index (Phi) is 6.19. The first-order valence-electron chi connectivity index (χ1n) is 7.08. The molecular weight excluding hydrogens is 301 g/mol. The molecular formula is C14H23F3N2OS. The SMILES string of the molecule is CCOC(C)(CC)c1nc(C(F)(F)F)c(CNC(C)C)s1. The van der Waals surface area contributed by atoms with Gasteiger partial charge in [-0.3, -0.25) is 0 Å². The number of ether oxygens (including phenoxy) is 1. The van der Waals surface area contributed by atoms with Crippen molar-refractivity contribution in [3.8, 4) is 0 Å². The van der Waals surface area contributed by atoms with Crippen LogP contribution in [0.2, 0.25) is 0 Å². The van der Waals surface area contributed by atoms with Gasteiger partial charge in [0.05, 0.1) is 4.88 Å². The Morgan fingerprint density at radius 2 is 1.90 bits per heavy atom. The fourth-order valence-corrected chi connectivity index (χ4v) is 3.05. The van der Waals surface area contributed by atoms with Crippen LogP contribution in [0, 0.1) is 0 Å². The number of nitrogens with zero attached hydrogens (tertiary/aromatic N) is 1. The van der Waals surface area contributed by atoms with Gasteiger partial charge in [0.25, 0.3) is 0 Å². The summed E-state index contributed by atoms with van der Waals surface area (Å²) < 4.78 is 45.1. The first-order valence-corrected chi connectivity index (χ1v) is 7.90. The van der Waals surface area contributed by atoms with Crippen LogP contribution in [-0.2, 0) is 23.1 Å². The summed E-state index contributed by atoms with van der Waals surface area (Å²) >= 11 is 1.08. The number of halogens is 3. The second kappa shape index (κ2) is 7.07. The molecule has 1 atom stereocenters. The molecule has 1 aromatic heterocycles. The van der Waals surface area contributed by atoms with Crippen molar-refractivity contribution in [2.24, 2.45) is 0 Å². The fourth-order valence-electron chi connectivity index (χ4n) is 1.85. The molecule has 0 spiro atoms. The molecule has 0 amide bonds. The minimum Gasteiger partial charge on any atom is -0.368 e. The van der Waals surface area contributed by atoms with Crippen molar-refractivity contribution in [2.45, 2.75) is 65.4 Å². The molecule has 21 heavy (non-hydrogen) atoms. The first kappa shape index (κ1) is 18.4. The molecule has 0 aliphatic carbocycles. The quantitative estimate of drug-likeness (QED) is 0.811. The van der Waals surface area contributed by atoms with E-state index in [1.807, 2.05) is 27.7 Å². The number of rotatable bonds is 7. The maximum Gasteiger partial charge on any atom is 0.434 e. The summed E-state index contributed by atoms with van der Waals surface area (Å²) in [5.41, 5.74) is -1.56. The van der Waals surface area contributed by atoms with Gasteiger partial charge < -0.3 is 10.1 Å². The fraction of sp³-hybridized carbons (Fsp3) is 0.786. The summed E-state index contributed by atoms with van der Waals surface area (Å²) in [6.07, 6.45) is -3.87. The Balaban J connectivity index is 3.18. The average Bonchev–Trinajstić information content (AvgIpc) is 2.81. The van der Waals surface area contributed by atoms with Gasteiger partial charge >= 0.3 is 6.18 Å². The maximum atomic E-state index is 13.1. The van der Waals surface area contributed by atoms with Crippen LogP contribution in [0.15, 0.2) is 0 Å². The van der Waals surface area contributed by atoms with Gasteiger partial charge in [0.1, 0.15) is 10.6 Å². The highest BCUT2D eigenvalue weighted by Crippen LogP contribution is 2.39. The van der Waals surface area contributed by atoms with Crippen LogP contribution >= 0.6 is 11.3 Å². The highest BCUT2D eigenvalue weighted by Gasteiger charge is 2.40. The predicted molar refractivity (Wildman–Crippen MR) is 78.4 cm³/mol. The number of aromatic nitrogens is 1. The van der Waals surface area contributed by atoms with Crippen LogP contribution in [0.5, 0.6) is 0 Å². The van der Waals surface area contributed by atoms with E-state index in [2.05, 4.69) is 10.3 Å². The Bertz CT molecular complexity index is 460. The van der Waals surface area contributed by atoms with Gasteiger partial charge in [-0.15, -0.1) is 11.3 Å². The van der Waals surface area contributed by atoms with E-state index >= 15 is 0 Å². The summed E-state index contributed by atoms with van der Waals surface area (Å²) in [6, 6.07) is 0.112. The zero-order valence-electron chi connectivity index (χ0n) is 13.1. The zero-order valence-corrected chi connectivity index (χ0v) is 13.9. The van der Waals surface area contributed by atoms with Crippen molar-refractivity contribution in [1.82, 2.24) is 10.3 Å². The first-order chi connectivity index (χ1) is 9.64. The van der Waals surface area contributed by atoms with Gasteiger partial charge in [-0.25, -0.2) is 4.98 Å². The third-order valence-corrected chi connectivity index (χ3v) is 4.53. The van der Waals surface area contributed by atoms with Crippen molar-refractivity contribution in [2.75, 3.05) is 6.61 Å². The standard InChI is InChI=1S/C14H23F3N2OS/c1-6-13(5,20-7-2)12-19-11(14(15,16)17)10(21-12)8-18-9(3)4/h9,18H,6-8H2,1-5H3. The summed E-state index contributed by atoms with van der Waals surface area (Å²) in [5, 5.41) is 3.41. The van der Waals surface area contributed by atoms with Crippen LogP contribution in [0.25, 0.3) is 0 Å². The van der Waals surface area contributed by atoms with Crippen molar-refractivity contribution < 1.29 is 17.9 Å². The lowest BCUT2D eigenvalue weighted by Gasteiger charge is -2.25. The van der Waals surface area contributed by atoms with E-state index in [9.17, 15) is 13.2 Å². The average molecular weight is 324 g/mol. The topological polar surface area (TPSA) is 34.1 Å². The second-order valence-electron chi connectivity index (χ2n) is 5.34. The molecule has 1 heterocycles. The molecule has 7 heteroatoms. The lowest BCUT2D eigenvalue weighted by Crippen LogP contribution is -2.25. The zero-order chi connectivity index (χ0) is 16.3. The maximum absolute atomic E-state index is 13.1. The molecule has 0 fully saturated rings. The summed E-state index contributed by atoms with van der Waals surface area (Å²) in [5.74, 6) is 0. The third kappa shape index (κ3) is 4.66. The Labute approximate surface area is 127 Å². The van der Waals surface area contributed by atoms with Crippen molar-refractivity contribution in [3.63, 3.8) is 0 Å². The van der Waals surface area contributed by atoms with Crippen LogP contribution in [0.4, 0.5) is 13.2 Å². The van der Waals surface area contributed by atoms with E-state index in [1.54, 1.807) is 6.92 Å². The Morgan fingerprint density at radius 3 is 2.33 bits per heavy atom. The summed E-state index contributed by atoms with van der Waals surface area (Å²) in [4.78, 5) is 4.06. The minimum atomic E-state index is -4.44. The van der Waals surface area contributed by atoms with Gasteiger partial charge in [-0.1, -0.05) is 20.8 Å². The van der Waals surface area contributed by atoms with Crippen LogP contribution in [-0.4, -0.2) is 17.6 Å². The van der Waals surface area contributed by atoms with E-state index < -0.39 is 17.5 Å². The summed E-state index contributed by atoms with van der Waals surface area (Å²) in [7, 11) is 0. The minimum absolute atomic E-state index is 0.112. The van der Waals surface area contributed by atoms with Gasteiger partial charge in [-0.2, -0.15) is 13.2 Å². The molecule has 1 rings (SSSR count). The molecule has 0 saturated carbocycles. The highest BCUT2D eigenvalue weighted by atomic mass is 32.1. The lowest BCUT2D eigenvalue weighted by molar-refractivity contribution is -0.141. The lowest BCUT2D eigenvalue weighted by atomic mass is 10.0. The smallest absolute Gasteiger partial charge is 0.368 e. The van der Waals surface area contributed by atoms with Crippen LogP contribution in [0.3, 0.4) is 0 Å². The molecule has 1 unspecified atom stereocenters. The molecule has 1 N–H and O–H groups in total. The van der Waals surface area contributed by atoms with Crippen molar-refractivity contribution >= 4 is 11.3 Å². The number of hydrogen-bond acceptors (Lipinski definition) is 4. The molecule has 3 nitrogen and oxygen atoms in total. The van der Waals surface area contributed by atoms with Gasteiger partial charge in [0.15, 0.2) is 5.69 Å². The number of hydrogen-bond donors (Lipinski definition) is 1. The molecule has 0 aliphatic rings. The number of nitrogens with one attached hydrogen (secondary N) is 1. The molecule has 0 radical (unpaired) electrons. The van der Waals surface area contributed by atoms with Gasteiger partial charge in [-0.05, 0) is 20.3 Å². The van der Waals surface area contributed by atoms with Crippen LogP contribution < -0.4 is 5.32 Å². The number of thiazole rings is 1. The van der Waals surface area contributed by atoms with E-state index in [0.29, 0.717) is 18.0 Å². The van der Waals surface area contributed by atoms with Crippen molar-refractivity contribution in [3.05, 3.63) is 15.6 Å². The van der Waals surface area contributed by atoms with Gasteiger partial charge in [0, 0.05) is 19.2 Å². The van der Waals surface area contributed by atoms with Crippen LogP contribution in [0.1, 0.15) is 56.6 Å². The van der Waals surface area contributed by atoms with E-state index in [-0.39, 0.29) is 17.5 Å². The van der Waals surface area contributed by atoms with E-state index in [4.69, 9.17) is 4.74 Å². The monoisotopic (exact) mass is 324 g/mol. The molecule has 0 aliphatic heterocycles. The largest absolute Gasteiger partial charge is 0.434 e. The predicted octanol–water partition coefficient (Wildman–Crippen LogP) is 4.32. The number of alkyl halides is 3. The van der Waals surface area contributed by atoms with E-state index in [1.165, 1.54) is 0 Å². The third-order valence-electron chi connectivity index (χ3n) is 3.23. The second-order valence-corrected chi connectivity index (χ2v) is 6.43. The van der Waals surface area contributed by atoms with Crippen molar-refractivity contribution in [1.29, 1.82) is 0 Å². The van der Waals surface area contributed by atoms with E-state index in [0.717, 1.165) is 11.3 Å². The van der Waals surface area contributed by atoms with Gasteiger partial charge in [0.2, 0.25) is 0 Å². The molecule has 1 aromatic rings. The molecule has 122 valence electrons. The molecule has 0 bridgehead atoms. The molecule has 0 saturated heterocycles. The molecule has 0 aromatic carbocycles. The highest BCUT2D eigenvalue weighted by molar-refractivity contribution is 7.11. The Morgan fingerprint density at radius 1 is 1.29 bits per heavy atom. The Hall–Kier alpha value is -0.660. The summed E-state index contributed by atoms with van der Waals surface area (Å²) in [6.45, 7) is 9.89. The normalized spacial score (nSPS) is 15.5.